The van der Waals surface area contributed by atoms with Crippen molar-refractivity contribution in [3.05, 3.63) is 17.7 Å². The van der Waals surface area contributed by atoms with Crippen LogP contribution in [-0.4, -0.2) is 41.8 Å². The molecule has 7 nitrogen and oxygen atoms in total. The zero-order valence-corrected chi connectivity index (χ0v) is 13.6. The van der Waals surface area contributed by atoms with E-state index in [4.69, 9.17) is 9.84 Å². The lowest BCUT2D eigenvalue weighted by atomic mass is 10.1. The number of hydrogen-bond donors (Lipinski definition) is 2. The fourth-order valence-corrected chi connectivity index (χ4v) is 1.68. The van der Waals surface area contributed by atoms with Gasteiger partial charge in [0.2, 0.25) is 0 Å². The number of aryl methyl sites for hydroxylation is 1. The topological polar surface area (TPSA) is 91.8 Å². The van der Waals surface area contributed by atoms with Crippen LogP contribution in [0.2, 0.25) is 0 Å². The predicted octanol–water partition coefficient (Wildman–Crippen LogP) is 2.51. The van der Waals surface area contributed by atoms with Crippen LogP contribution in [0.25, 0.3) is 0 Å². The summed E-state index contributed by atoms with van der Waals surface area (Å²) in [5.74, 6) is 0.0757. The predicted molar refractivity (Wildman–Crippen MR) is 84.4 cm³/mol. The number of ether oxygens (including phenoxy) is 1. The Morgan fingerprint density at radius 2 is 1.95 bits per heavy atom. The minimum atomic E-state index is -0.903. The van der Waals surface area contributed by atoms with Crippen molar-refractivity contribution in [1.29, 1.82) is 0 Å². The molecule has 0 saturated heterocycles. The van der Waals surface area contributed by atoms with Crippen LogP contribution >= 0.6 is 0 Å². The van der Waals surface area contributed by atoms with E-state index in [-0.39, 0.29) is 12.8 Å². The van der Waals surface area contributed by atoms with Gasteiger partial charge in [-0.3, -0.25) is 10.1 Å². The largest absolute Gasteiger partial charge is 0.481 e. The fraction of sp³-hybridized carbons (Fsp3) is 0.533. The van der Waals surface area contributed by atoms with Gasteiger partial charge in [-0.2, -0.15) is 0 Å². The van der Waals surface area contributed by atoms with Gasteiger partial charge in [0.25, 0.3) is 0 Å². The number of carbonyl (C=O) groups excluding carboxylic acids is 1. The highest BCUT2D eigenvalue weighted by molar-refractivity contribution is 5.85. The maximum atomic E-state index is 11.9. The van der Waals surface area contributed by atoms with Gasteiger partial charge in [-0.15, -0.1) is 0 Å². The normalized spacial score (nSPS) is 11.0. The van der Waals surface area contributed by atoms with Gasteiger partial charge in [-0.1, -0.05) is 6.07 Å². The standard InChI is InChI=1S/C15H23N3O4/c1-15(2,3)22-14(21)17-13-10(7-9-12(19)20)6-8-11(16-13)18(4)5/h6,8H,7,9H2,1-5H3,(H,19,20)(H,16,17,21). The number of amides is 1. The summed E-state index contributed by atoms with van der Waals surface area (Å²) in [6.07, 6.45) is -0.375. The number of nitrogens with one attached hydrogen (secondary N) is 1. The third kappa shape index (κ3) is 5.99. The lowest BCUT2D eigenvalue weighted by Gasteiger charge is -2.21. The average molecular weight is 309 g/mol. The molecule has 1 amide bonds. The molecule has 0 radical (unpaired) electrons. The van der Waals surface area contributed by atoms with Gasteiger partial charge in [0.1, 0.15) is 17.2 Å². The molecule has 0 unspecified atom stereocenters. The van der Waals surface area contributed by atoms with E-state index in [1.54, 1.807) is 37.8 Å². The Kier molecular flexibility index (Phi) is 5.73. The third-order valence-corrected chi connectivity index (χ3v) is 2.65. The monoisotopic (exact) mass is 309 g/mol. The van der Waals surface area contributed by atoms with Crippen LogP contribution in [0.15, 0.2) is 12.1 Å². The number of anilines is 2. The Morgan fingerprint density at radius 3 is 2.45 bits per heavy atom. The first-order chi connectivity index (χ1) is 10.1. The van der Waals surface area contributed by atoms with Gasteiger partial charge in [0.15, 0.2) is 0 Å². The van der Waals surface area contributed by atoms with Crippen molar-refractivity contribution < 1.29 is 19.4 Å². The van der Waals surface area contributed by atoms with Crippen LogP contribution in [0.4, 0.5) is 16.4 Å². The molecular weight excluding hydrogens is 286 g/mol. The van der Waals surface area contributed by atoms with E-state index in [1.807, 2.05) is 14.1 Å². The maximum Gasteiger partial charge on any atom is 0.413 e. The molecule has 0 bridgehead atoms. The number of rotatable bonds is 5. The quantitative estimate of drug-likeness (QED) is 0.868. The number of nitrogens with zero attached hydrogens (tertiary/aromatic N) is 2. The van der Waals surface area contributed by atoms with Crippen molar-refractivity contribution in [2.75, 3.05) is 24.3 Å². The molecule has 0 aliphatic carbocycles. The minimum absolute atomic E-state index is 0.0357. The van der Waals surface area contributed by atoms with Crippen LogP contribution in [-0.2, 0) is 16.0 Å². The molecule has 7 heteroatoms. The number of aliphatic carboxylic acids is 1. The number of carboxylic acids is 1. The highest BCUT2D eigenvalue weighted by Crippen LogP contribution is 2.20. The zero-order chi connectivity index (χ0) is 16.9. The van der Waals surface area contributed by atoms with Crippen molar-refractivity contribution in [3.63, 3.8) is 0 Å². The highest BCUT2D eigenvalue weighted by Gasteiger charge is 2.18. The summed E-state index contributed by atoms with van der Waals surface area (Å²) in [6, 6.07) is 3.54. The van der Waals surface area contributed by atoms with Gasteiger partial charge < -0.3 is 14.7 Å². The number of carbonyl (C=O) groups is 2. The first-order valence-corrected chi connectivity index (χ1v) is 6.97. The summed E-state index contributed by atoms with van der Waals surface area (Å²) in [5, 5.41) is 11.4. The second-order valence-corrected chi connectivity index (χ2v) is 6.09. The van der Waals surface area contributed by atoms with Crippen LogP contribution in [0.3, 0.4) is 0 Å². The molecule has 0 aromatic carbocycles. The average Bonchev–Trinajstić information content (AvgIpc) is 2.34. The molecule has 1 rings (SSSR count). The van der Waals surface area contributed by atoms with Crippen molar-refractivity contribution in [2.24, 2.45) is 0 Å². The van der Waals surface area contributed by atoms with Crippen LogP contribution in [0.5, 0.6) is 0 Å². The van der Waals surface area contributed by atoms with Crippen molar-refractivity contribution in [3.8, 4) is 0 Å². The summed E-state index contributed by atoms with van der Waals surface area (Å²) < 4.78 is 5.20. The first kappa shape index (κ1) is 17.7. The third-order valence-electron chi connectivity index (χ3n) is 2.65. The fourth-order valence-electron chi connectivity index (χ4n) is 1.68. The Labute approximate surface area is 130 Å². The molecule has 1 aromatic rings. The molecule has 0 atom stereocenters. The Morgan fingerprint density at radius 1 is 1.32 bits per heavy atom. The smallest absolute Gasteiger partial charge is 0.413 e. The molecule has 0 aliphatic heterocycles. The van der Waals surface area contributed by atoms with E-state index in [0.717, 1.165) is 0 Å². The molecule has 1 heterocycles. The first-order valence-electron chi connectivity index (χ1n) is 6.97. The van der Waals surface area contributed by atoms with E-state index in [2.05, 4.69) is 10.3 Å². The van der Waals surface area contributed by atoms with Crippen LogP contribution < -0.4 is 10.2 Å². The SMILES string of the molecule is CN(C)c1ccc(CCC(=O)O)c(NC(=O)OC(C)(C)C)n1. The summed E-state index contributed by atoms with van der Waals surface area (Å²) in [7, 11) is 3.66. The summed E-state index contributed by atoms with van der Waals surface area (Å²) >= 11 is 0. The number of aromatic nitrogens is 1. The summed E-state index contributed by atoms with van der Waals surface area (Å²) in [6.45, 7) is 5.30. The molecule has 1 aromatic heterocycles. The molecule has 0 fully saturated rings. The number of pyridine rings is 1. The molecule has 22 heavy (non-hydrogen) atoms. The number of carboxylic acid groups (broad SMARTS) is 1. The van der Waals surface area contributed by atoms with Crippen LogP contribution in [0.1, 0.15) is 32.8 Å². The number of hydrogen-bond acceptors (Lipinski definition) is 5. The van der Waals surface area contributed by atoms with E-state index in [1.165, 1.54) is 0 Å². The Balaban J connectivity index is 2.98. The van der Waals surface area contributed by atoms with Gasteiger partial charge in [-0.05, 0) is 38.8 Å². The van der Waals surface area contributed by atoms with Crippen molar-refractivity contribution in [2.45, 2.75) is 39.2 Å². The molecule has 0 spiro atoms. The van der Waals surface area contributed by atoms with Gasteiger partial charge in [-0.25, -0.2) is 9.78 Å². The van der Waals surface area contributed by atoms with Crippen molar-refractivity contribution >= 4 is 23.7 Å². The molecule has 2 N–H and O–H groups in total. The molecule has 0 aliphatic rings. The lowest BCUT2D eigenvalue weighted by Crippen LogP contribution is -2.28. The summed E-state index contributed by atoms with van der Waals surface area (Å²) in [4.78, 5) is 28.8. The van der Waals surface area contributed by atoms with Crippen molar-refractivity contribution in [1.82, 2.24) is 4.98 Å². The van der Waals surface area contributed by atoms with Gasteiger partial charge in [0.05, 0.1) is 0 Å². The Hall–Kier alpha value is -2.31. The molecule has 0 saturated carbocycles. The van der Waals surface area contributed by atoms with Crippen LogP contribution in [0, 0.1) is 0 Å². The van der Waals surface area contributed by atoms with Gasteiger partial charge in [0, 0.05) is 20.5 Å². The van der Waals surface area contributed by atoms with Gasteiger partial charge >= 0.3 is 12.1 Å². The maximum absolute atomic E-state index is 11.9. The lowest BCUT2D eigenvalue weighted by molar-refractivity contribution is -0.136. The summed E-state index contributed by atoms with van der Waals surface area (Å²) in [5.41, 5.74) is 0.0312. The highest BCUT2D eigenvalue weighted by atomic mass is 16.6. The van der Waals surface area contributed by atoms with E-state index >= 15 is 0 Å². The molecule has 122 valence electrons. The second kappa shape index (κ2) is 7.11. The minimum Gasteiger partial charge on any atom is -0.481 e. The van der Waals surface area contributed by atoms with E-state index < -0.39 is 17.7 Å². The van der Waals surface area contributed by atoms with E-state index in [0.29, 0.717) is 17.2 Å². The molecular formula is C15H23N3O4. The zero-order valence-electron chi connectivity index (χ0n) is 13.6. The van der Waals surface area contributed by atoms with E-state index in [9.17, 15) is 9.59 Å². The second-order valence-electron chi connectivity index (χ2n) is 6.09. The Bertz CT molecular complexity index is 550.